The van der Waals surface area contributed by atoms with Crippen LogP contribution in [0, 0.1) is 0 Å². The average Bonchev–Trinajstić information content (AvgIpc) is 3.49. The van der Waals surface area contributed by atoms with Gasteiger partial charge in [-0.15, -0.1) is 0 Å². The molecule has 0 aromatic rings. The van der Waals surface area contributed by atoms with Gasteiger partial charge in [-0.25, -0.2) is 0 Å². The highest BCUT2D eigenvalue weighted by Gasteiger charge is 2.19. The Bertz CT molecular complexity index is 1700. The topological polar surface area (TPSA) is 78.9 Å². The minimum atomic E-state index is -0.796. The molecule has 0 aromatic carbocycles. The van der Waals surface area contributed by atoms with Crippen LogP contribution in [0.1, 0.15) is 329 Å². The smallest absolute Gasteiger partial charge is 0.306 e. The molecule has 6 nitrogen and oxygen atoms in total. The van der Waals surface area contributed by atoms with E-state index < -0.39 is 6.10 Å². The zero-order valence-electron chi connectivity index (χ0n) is 54.4. The number of allylic oxidation sites excluding steroid dienone is 20. The number of hydrogen-bond acceptors (Lipinski definition) is 6. The Balaban J connectivity index is 4.25. The van der Waals surface area contributed by atoms with Crippen molar-refractivity contribution in [2.45, 2.75) is 335 Å². The number of rotatable bonds is 63. The van der Waals surface area contributed by atoms with Crippen molar-refractivity contribution in [1.29, 1.82) is 0 Å². The van der Waals surface area contributed by atoms with Gasteiger partial charge in [0.2, 0.25) is 0 Å². The fourth-order valence-electron chi connectivity index (χ4n) is 9.79. The Morgan fingerprint density at radius 3 is 0.759 bits per heavy atom. The quantitative estimate of drug-likeness (QED) is 0.0261. The normalized spacial score (nSPS) is 12.9. The SMILES string of the molecule is CC/C=C\C/C=C\C/C=C\C/C=C\C/C=C\C/C=C\CCCCCCCCCCCCCCCCC(=O)OCC(COC(=O)CCCC/C=C\C/C=C\C/C=C\C/C=C\CC)OC(=O)CCCCCCCCCCCCCCCCCCC. The first-order valence-corrected chi connectivity index (χ1v) is 35.0. The molecule has 0 amide bonds. The van der Waals surface area contributed by atoms with Crippen LogP contribution in [0.25, 0.3) is 0 Å². The second kappa shape index (κ2) is 70.3. The van der Waals surface area contributed by atoms with Gasteiger partial charge >= 0.3 is 17.9 Å². The van der Waals surface area contributed by atoms with Crippen LogP contribution in [0.2, 0.25) is 0 Å². The van der Waals surface area contributed by atoms with Gasteiger partial charge in [-0.2, -0.15) is 0 Å². The van der Waals surface area contributed by atoms with Crippen LogP contribution in [-0.2, 0) is 28.6 Å². The standard InChI is InChI=1S/C77H130O6/c1-4-7-10-13-16-19-22-25-28-30-31-32-33-34-35-36-37-38-39-40-41-42-43-44-45-47-49-52-55-58-61-64-67-70-76(79)82-73-74(72-81-75(78)69-66-63-60-57-54-51-48-27-24-21-18-15-12-9-6-3)83-77(80)71-68-65-62-59-56-53-50-46-29-26-23-20-17-14-11-8-5-2/h7,9-10,12,16,18-19,21,25,27-28,31-32,34-35,37-38,48,54,57,74H,4-6,8,11,13-15,17,20,22-24,26,29-30,33,36,39-47,49-53,55-56,58-73H2,1-3H3/b10-7-,12-9-,19-16-,21-18-,28-25-,32-31-,35-34-,38-37-,48-27-,57-54-. The van der Waals surface area contributed by atoms with Crippen molar-refractivity contribution in [2.75, 3.05) is 13.2 Å². The van der Waals surface area contributed by atoms with E-state index >= 15 is 0 Å². The molecular weight excluding hydrogens is 1020 g/mol. The van der Waals surface area contributed by atoms with Gasteiger partial charge < -0.3 is 14.2 Å². The third kappa shape index (κ3) is 68.5. The van der Waals surface area contributed by atoms with Crippen LogP contribution in [0.5, 0.6) is 0 Å². The van der Waals surface area contributed by atoms with E-state index in [2.05, 4.69) is 142 Å². The van der Waals surface area contributed by atoms with E-state index in [0.29, 0.717) is 19.3 Å². The fraction of sp³-hybridized carbons (Fsp3) is 0.701. The summed E-state index contributed by atoms with van der Waals surface area (Å²) in [5, 5.41) is 0. The lowest BCUT2D eigenvalue weighted by Crippen LogP contribution is -2.30. The number of unbranched alkanes of at least 4 members (excludes halogenated alkanes) is 32. The van der Waals surface area contributed by atoms with E-state index in [9.17, 15) is 14.4 Å². The molecule has 0 fully saturated rings. The lowest BCUT2D eigenvalue weighted by molar-refractivity contribution is -0.167. The van der Waals surface area contributed by atoms with Crippen molar-refractivity contribution in [3.63, 3.8) is 0 Å². The van der Waals surface area contributed by atoms with Gasteiger partial charge in [-0.1, -0.05) is 322 Å². The van der Waals surface area contributed by atoms with Gasteiger partial charge in [0.15, 0.2) is 6.10 Å². The van der Waals surface area contributed by atoms with Gasteiger partial charge in [-0.3, -0.25) is 14.4 Å². The van der Waals surface area contributed by atoms with Gasteiger partial charge in [0.1, 0.15) is 13.2 Å². The molecule has 474 valence electrons. The van der Waals surface area contributed by atoms with Crippen molar-refractivity contribution < 1.29 is 28.6 Å². The predicted molar refractivity (Wildman–Crippen MR) is 362 cm³/mol. The number of ether oxygens (including phenoxy) is 3. The lowest BCUT2D eigenvalue weighted by Gasteiger charge is -2.18. The minimum absolute atomic E-state index is 0.0895. The molecule has 0 aliphatic carbocycles. The minimum Gasteiger partial charge on any atom is -0.462 e. The summed E-state index contributed by atoms with van der Waals surface area (Å²) in [6.45, 7) is 6.41. The van der Waals surface area contributed by atoms with E-state index in [-0.39, 0.29) is 31.1 Å². The molecule has 0 aliphatic rings. The van der Waals surface area contributed by atoms with Gasteiger partial charge in [0.05, 0.1) is 0 Å². The molecule has 0 saturated carbocycles. The van der Waals surface area contributed by atoms with Crippen molar-refractivity contribution >= 4 is 17.9 Å². The summed E-state index contributed by atoms with van der Waals surface area (Å²) >= 11 is 0. The molecule has 0 radical (unpaired) electrons. The molecule has 0 heterocycles. The lowest BCUT2D eigenvalue weighted by atomic mass is 10.0. The molecule has 0 saturated heterocycles. The Morgan fingerprint density at radius 1 is 0.253 bits per heavy atom. The first-order valence-electron chi connectivity index (χ1n) is 35.0. The van der Waals surface area contributed by atoms with Gasteiger partial charge in [-0.05, 0) is 109 Å². The molecular formula is C77H130O6. The molecule has 0 N–H and O–H groups in total. The number of carbonyl (C=O) groups excluding carboxylic acids is 3. The first kappa shape index (κ1) is 78.8. The summed E-state index contributed by atoms with van der Waals surface area (Å²) in [6, 6.07) is 0. The summed E-state index contributed by atoms with van der Waals surface area (Å²) < 4.78 is 16.9. The van der Waals surface area contributed by atoms with Crippen LogP contribution in [0.4, 0.5) is 0 Å². The zero-order chi connectivity index (χ0) is 59.9. The van der Waals surface area contributed by atoms with Crippen molar-refractivity contribution in [1.82, 2.24) is 0 Å². The monoisotopic (exact) mass is 1150 g/mol. The average molecular weight is 1150 g/mol. The van der Waals surface area contributed by atoms with Gasteiger partial charge in [0, 0.05) is 19.3 Å². The number of carbonyl (C=O) groups is 3. The van der Waals surface area contributed by atoms with E-state index in [1.54, 1.807) is 0 Å². The predicted octanol–water partition coefficient (Wildman–Crippen LogP) is 24.3. The molecule has 0 bridgehead atoms. The molecule has 0 aliphatic heterocycles. The molecule has 1 atom stereocenters. The van der Waals surface area contributed by atoms with E-state index in [1.807, 2.05) is 0 Å². The summed E-state index contributed by atoms with van der Waals surface area (Å²) in [5.41, 5.74) is 0. The largest absolute Gasteiger partial charge is 0.462 e. The van der Waals surface area contributed by atoms with Crippen molar-refractivity contribution in [2.24, 2.45) is 0 Å². The first-order chi connectivity index (χ1) is 41.0. The number of hydrogen-bond donors (Lipinski definition) is 0. The van der Waals surface area contributed by atoms with Crippen molar-refractivity contribution in [3.05, 3.63) is 122 Å². The summed E-state index contributed by atoms with van der Waals surface area (Å²) in [7, 11) is 0. The summed E-state index contributed by atoms with van der Waals surface area (Å²) in [6.07, 6.45) is 98.0. The van der Waals surface area contributed by atoms with Crippen molar-refractivity contribution in [3.8, 4) is 0 Å². The van der Waals surface area contributed by atoms with E-state index in [0.717, 1.165) is 122 Å². The molecule has 0 rings (SSSR count). The maximum Gasteiger partial charge on any atom is 0.306 e. The van der Waals surface area contributed by atoms with Crippen LogP contribution >= 0.6 is 0 Å². The van der Waals surface area contributed by atoms with E-state index in [4.69, 9.17) is 14.2 Å². The van der Waals surface area contributed by atoms with Crippen LogP contribution < -0.4 is 0 Å². The third-order valence-corrected chi connectivity index (χ3v) is 15.0. The molecule has 6 heteroatoms. The van der Waals surface area contributed by atoms with E-state index in [1.165, 1.54) is 167 Å². The second-order valence-corrected chi connectivity index (χ2v) is 23.0. The molecule has 0 aromatic heterocycles. The number of esters is 3. The van der Waals surface area contributed by atoms with Gasteiger partial charge in [0.25, 0.3) is 0 Å². The van der Waals surface area contributed by atoms with Crippen LogP contribution in [0.3, 0.4) is 0 Å². The molecule has 83 heavy (non-hydrogen) atoms. The second-order valence-electron chi connectivity index (χ2n) is 23.0. The highest BCUT2D eigenvalue weighted by Crippen LogP contribution is 2.17. The highest BCUT2D eigenvalue weighted by atomic mass is 16.6. The Hall–Kier alpha value is -4.19. The Labute approximate surface area is 513 Å². The summed E-state index contributed by atoms with van der Waals surface area (Å²) in [4.78, 5) is 38.4. The maximum absolute atomic E-state index is 12.9. The van der Waals surface area contributed by atoms with Crippen LogP contribution in [0.15, 0.2) is 122 Å². The third-order valence-electron chi connectivity index (χ3n) is 15.0. The van der Waals surface area contributed by atoms with Crippen LogP contribution in [-0.4, -0.2) is 37.2 Å². The maximum atomic E-state index is 12.9. The Morgan fingerprint density at radius 2 is 0.470 bits per heavy atom. The fourth-order valence-corrected chi connectivity index (χ4v) is 9.79. The molecule has 1 unspecified atom stereocenters. The Kier molecular flexibility index (Phi) is 66.7. The highest BCUT2D eigenvalue weighted by molar-refractivity contribution is 5.71. The summed E-state index contributed by atoms with van der Waals surface area (Å²) in [5.74, 6) is -0.920. The zero-order valence-corrected chi connectivity index (χ0v) is 54.4. The molecule has 0 spiro atoms.